The molecule has 29 heavy (non-hydrogen) atoms. The fourth-order valence-corrected chi connectivity index (χ4v) is 4.72. The lowest BCUT2D eigenvalue weighted by molar-refractivity contribution is -0.136. The van der Waals surface area contributed by atoms with E-state index in [1.54, 1.807) is 19.9 Å². The van der Waals surface area contributed by atoms with E-state index < -0.39 is 40.2 Å². The molecule has 10 heteroatoms. The maximum absolute atomic E-state index is 12.8. The second-order valence-corrected chi connectivity index (χ2v) is 9.77. The zero-order chi connectivity index (χ0) is 22.0. The quantitative estimate of drug-likeness (QED) is 0.602. The highest BCUT2D eigenvalue weighted by molar-refractivity contribution is 7.89. The minimum atomic E-state index is -4.37. The number of methoxy groups -OCH3 is 1. The third kappa shape index (κ3) is 5.85. The number of fused-ring (bicyclic) bond motifs is 1. The summed E-state index contributed by atoms with van der Waals surface area (Å²) >= 11 is 0. The Hall–Kier alpha value is -1.81. The van der Waals surface area contributed by atoms with Gasteiger partial charge in [0.1, 0.15) is 11.4 Å². The molecule has 1 aliphatic heterocycles. The van der Waals surface area contributed by atoms with Crippen molar-refractivity contribution in [2.45, 2.75) is 57.9 Å². The highest BCUT2D eigenvalue weighted by atomic mass is 32.2. The van der Waals surface area contributed by atoms with Gasteiger partial charge in [-0.05, 0) is 45.4 Å². The Morgan fingerprint density at radius 3 is 2.55 bits per heavy atom. The number of sulfonamides is 1. The molecule has 0 amide bonds. The largest absolute Gasteiger partial charge is 0.487 e. The molecule has 0 radical (unpaired) electrons. The maximum atomic E-state index is 12.8. The van der Waals surface area contributed by atoms with Crippen LogP contribution in [0.1, 0.15) is 62.0 Å². The number of carbonyl (C=O) groups is 1. The number of benzene rings is 1. The van der Waals surface area contributed by atoms with Crippen LogP contribution in [0.3, 0.4) is 0 Å². The van der Waals surface area contributed by atoms with E-state index in [0.717, 1.165) is 4.31 Å². The van der Waals surface area contributed by atoms with Crippen LogP contribution in [0, 0.1) is 0 Å². The lowest BCUT2D eigenvalue weighted by Crippen LogP contribution is -2.44. The number of hydrogen-bond donors (Lipinski definition) is 0. The zero-order valence-electron chi connectivity index (χ0n) is 16.9. The molecular weight excluding hydrogens is 411 g/mol. The third-order valence-electron chi connectivity index (χ3n) is 4.77. The highest BCUT2D eigenvalue weighted by Gasteiger charge is 2.41. The summed E-state index contributed by atoms with van der Waals surface area (Å²) in [6, 6.07) is 3.80. The Labute approximate surface area is 169 Å². The summed E-state index contributed by atoms with van der Waals surface area (Å²) in [6.45, 7) is 4.73. The van der Waals surface area contributed by atoms with Crippen molar-refractivity contribution >= 4 is 16.0 Å². The molecule has 6 nitrogen and oxygen atoms in total. The Morgan fingerprint density at radius 2 is 2.00 bits per heavy atom. The van der Waals surface area contributed by atoms with Crippen LogP contribution in [-0.4, -0.2) is 49.9 Å². The van der Waals surface area contributed by atoms with Gasteiger partial charge in [0.05, 0.1) is 24.5 Å². The van der Waals surface area contributed by atoms with Gasteiger partial charge in [-0.3, -0.25) is 0 Å². The van der Waals surface area contributed by atoms with Gasteiger partial charge in [0.2, 0.25) is 10.0 Å². The van der Waals surface area contributed by atoms with E-state index in [1.165, 1.54) is 26.2 Å². The number of rotatable bonds is 7. The first-order chi connectivity index (χ1) is 13.3. The van der Waals surface area contributed by atoms with Crippen LogP contribution in [0.15, 0.2) is 18.2 Å². The van der Waals surface area contributed by atoms with Gasteiger partial charge in [-0.15, -0.1) is 0 Å². The number of hydrogen-bond acceptors (Lipinski definition) is 5. The van der Waals surface area contributed by atoms with Gasteiger partial charge < -0.3 is 9.47 Å². The number of esters is 1. The predicted octanol–water partition coefficient (Wildman–Crippen LogP) is 4.07. The molecule has 0 bridgehead atoms. The van der Waals surface area contributed by atoms with E-state index in [1.807, 2.05) is 0 Å². The molecule has 2 rings (SSSR count). The van der Waals surface area contributed by atoms with Crippen molar-refractivity contribution < 1.29 is 35.9 Å². The Kier molecular flexibility index (Phi) is 6.89. The highest BCUT2D eigenvalue weighted by Crippen LogP contribution is 2.44. The molecule has 0 spiro atoms. The lowest BCUT2D eigenvalue weighted by atomic mass is 9.88. The average molecular weight is 437 g/mol. The minimum Gasteiger partial charge on any atom is -0.487 e. The van der Waals surface area contributed by atoms with Crippen molar-refractivity contribution in [2.24, 2.45) is 0 Å². The Balaban J connectivity index is 2.50. The van der Waals surface area contributed by atoms with Gasteiger partial charge in [-0.2, -0.15) is 17.5 Å². The van der Waals surface area contributed by atoms with E-state index in [-0.39, 0.29) is 30.7 Å². The third-order valence-corrected chi connectivity index (χ3v) is 6.65. The predicted molar refractivity (Wildman–Crippen MR) is 101 cm³/mol. The number of halogens is 3. The first-order valence-electron chi connectivity index (χ1n) is 9.27. The van der Waals surface area contributed by atoms with E-state index in [2.05, 4.69) is 0 Å². The first kappa shape index (κ1) is 23.5. The van der Waals surface area contributed by atoms with E-state index >= 15 is 0 Å². The smallest absolute Gasteiger partial charge is 0.389 e. The zero-order valence-corrected chi connectivity index (χ0v) is 17.7. The van der Waals surface area contributed by atoms with Crippen molar-refractivity contribution in [3.05, 3.63) is 29.3 Å². The fourth-order valence-electron chi connectivity index (χ4n) is 3.41. The molecule has 0 aliphatic carbocycles. The summed E-state index contributed by atoms with van der Waals surface area (Å²) in [4.78, 5) is 11.9. The van der Waals surface area contributed by atoms with E-state index in [9.17, 15) is 26.4 Å². The molecule has 1 heterocycles. The average Bonchev–Trinajstić information content (AvgIpc) is 2.62. The molecule has 0 saturated carbocycles. The molecule has 1 aliphatic rings. The van der Waals surface area contributed by atoms with Crippen molar-refractivity contribution in [1.82, 2.24) is 4.31 Å². The summed E-state index contributed by atoms with van der Waals surface area (Å²) in [5.74, 6) is -0.451. The number of nitrogens with zero attached hydrogens (tertiary/aromatic N) is 1. The molecule has 1 atom stereocenters. The van der Waals surface area contributed by atoms with Crippen LogP contribution in [0.4, 0.5) is 13.2 Å². The van der Waals surface area contributed by atoms with Crippen LogP contribution < -0.4 is 4.74 Å². The maximum Gasteiger partial charge on any atom is 0.389 e. The van der Waals surface area contributed by atoms with Crippen molar-refractivity contribution in [2.75, 3.05) is 19.4 Å². The molecule has 1 unspecified atom stereocenters. The molecule has 1 aromatic rings. The summed E-state index contributed by atoms with van der Waals surface area (Å²) in [6.07, 6.45) is -5.57. The Morgan fingerprint density at radius 1 is 1.34 bits per heavy atom. The number of ether oxygens (including phenoxy) is 2. The van der Waals surface area contributed by atoms with Crippen LogP contribution >= 0.6 is 0 Å². The van der Waals surface area contributed by atoms with Gasteiger partial charge in [-0.1, -0.05) is 0 Å². The SMILES string of the molecule is CCS(=O)(=O)N(CCCC(F)(F)F)C1CC(C)(C)Oc2ccc(C(=O)OC)cc21. The first-order valence-corrected chi connectivity index (χ1v) is 10.9. The van der Waals surface area contributed by atoms with Crippen LogP contribution in [0.25, 0.3) is 0 Å². The van der Waals surface area contributed by atoms with Gasteiger partial charge in [0.25, 0.3) is 0 Å². The summed E-state index contributed by atoms with van der Waals surface area (Å²) in [7, 11) is -2.59. The molecule has 0 saturated heterocycles. The van der Waals surface area contributed by atoms with Crippen molar-refractivity contribution in [3.63, 3.8) is 0 Å². The van der Waals surface area contributed by atoms with E-state index in [4.69, 9.17) is 9.47 Å². The van der Waals surface area contributed by atoms with Crippen molar-refractivity contribution in [1.29, 1.82) is 0 Å². The molecule has 0 fully saturated rings. The summed E-state index contributed by atoms with van der Waals surface area (Å²) in [5, 5.41) is 0. The fraction of sp³-hybridized carbons (Fsp3) is 0.632. The monoisotopic (exact) mass is 437 g/mol. The summed E-state index contributed by atoms with van der Waals surface area (Å²) in [5.41, 5.74) is -0.0874. The number of alkyl halides is 3. The molecular formula is C19H26F3NO5S. The second kappa shape index (κ2) is 8.51. The van der Waals surface area contributed by atoms with Gasteiger partial charge in [0, 0.05) is 24.9 Å². The topological polar surface area (TPSA) is 72.9 Å². The standard InChI is InChI=1S/C19H26F3NO5S/c1-5-29(25,26)23(10-6-9-19(20,21)22)15-12-18(2,3)28-16-8-7-13(11-14(15)16)17(24)27-4/h7-8,11,15H,5-6,9-10,12H2,1-4H3. The summed E-state index contributed by atoms with van der Waals surface area (Å²) < 4.78 is 75.2. The van der Waals surface area contributed by atoms with Gasteiger partial charge in [-0.25, -0.2) is 13.2 Å². The van der Waals surface area contributed by atoms with E-state index in [0.29, 0.717) is 11.3 Å². The normalized spacial score (nSPS) is 18.8. The molecule has 1 aromatic carbocycles. The van der Waals surface area contributed by atoms with Crippen molar-refractivity contribution in [3.8, 4) is 5.75 Å². The number of carbonyl (C=O) groups excluding carboxylic acids is 1. The van der Waals surface area contributed by atoms with Crippen LogP contribution in [0.2, 0.25) is 0 Å². The van der Waals surface area contributed by atoms with Crippen LogP contribution in [-0.2, 0) is 14.8 Å². The van der Waals surface area contributed by atoms with Crippen LogP contribution in [0.5, 0.6) is 5.75 Å². The molecule has 0 N–H and O–H groups in total. The molecule has 0 aromatic heterocycles. The second-order valence-electron chi connectivity index (χ2n) is 7.56. The minimum absolute atomic E-state index is 0.212. The van der Waals surface area contributed by atoms with Gasteiger partial charge in [0.15, 0.2) is 0 Å². The Bertz CT molecular complexity index is 852. The van der Waals surface area contributed by atoms with Gasteiger partial charge >= 0.3 is 12.1 Å². The molecule has 164 valence electrons. The lowest BCUT2D eigenvalue weighted by Gasteiger charge is -2.42.